The van der Waals surface area contributed by atoms with Crippen LogP contribution in [0.3, 0.4) is 0 Å². The van der Waals surface area contributed by atoms with Gasteiger partial charge in [0.2, 0.25) is 0 Å². The first-order chi connectivity index (χ1) is 32.9. The van der Waals surface area contributed by atoms with Crippen LogP contribution in [-0.4, -0.2) is 175 Å². The number of carbonyl (C=O) groups is 1. The Bertz CT molecular complexity index is 1720. The molecule has 0 bridgehead atoms. The van der Waals surface area contributed by atoms with Gasteiger partial charge in [-0.05, 0) is 85.0 Å². The van der Waals surface area contributed by atoms with Crippen LogP contribution in [-0.2, 0) is 61.6 Å². The van der Waals surface area contributed by atoms with Crippen LogP contribution in [0.4, 0.5) is 0 Å². The molecule has 0 aromatic heterocycles. The Hall–Kier alpha value is -0.170. The molecule has 0 aromatic carbocycles. The molecule has 4 N–H and O–H groups in total. The molecule has 71 heavy (non-hydrogen) atoms. The first-order valence-electron chi connectivity index (χ1n) is 26.4. The first kappa shape index (κ1) is 60.1. The summed E-state index contributed by atoms with van der Waals surface area (Å²) in [5, 5.41) is 58.1. The third-order valence-corrected chi connectivity index (χ3v) is 18.0. The summed E-state index contributed by atoms with van der Waals surface area (Å²) in [6.07, 6.45) is -3.63. The van der Waals surface area contributed by atoms with E-state index in [9.17, 15) is 30.3 Å². The van der Waals surface area contributed by atoms with Crippen LogP contribution in [0.2, 0.25) is 0 Å². The quantitative estimate of drug-likeness (QED) is 0.140. The van der Waals surface area contributed by atoms with E-state index in [1.165, 1.54) is 7.11 Å². The molecule has 0 aliphatic carbocycles. The largest absolute Gasteiger partial charge is 1.00 e. The van der Waals surface area contributed by atoms with E-state index >= 15 is 0 Å². The normalized spacial score (nSPS) is 48.4. The van der Waals surface area contributed by atoms with Crippen molar-refractivity contribution in [2.75, 3.05) is 21.3 Å². The van der Waals surface area contributed by atoms with Gasteiger partial charge in [0.25, 0.3) is 0 Å². The van der Waals surface area contributed by atoms with Crippen molar-refractivity contribution in [2.24, 2.45) is 29.6 Å². The molecule has 18 nitrogen and oxygen atoms in total. The number of aliphatic hydroxyl groups excluding tert-OH is 3. The molecule has 0 saturated carbocycles. The summed E-state index contributed by atoms with van der Waals surface area (Å²) in [6.45, 7) is 19.2. The minimum Gasteiger partial charge on any atom is -0.550 e. The molecule has 0 amide bonds. The summed E-state index contributed by atoms with van der Waals surface area (Å²) in [5.74, 6) is -6.89. The summed E-state index contributed by atoms with van der Waals surface area (Å²) in [7, 11) is 4.86. The zero-order chi connectivity index (χ0) is 51.2. The van der Waals surface area contributed by atoms with Gasteiger partial charge in [0.05, 0.1) is 90.6 Å². The number of rotatable bonds is 18. The predicted molar refractivity (Wildman–Crippen MR) is 250 cm³/mol. The molecular formula is C52H89NaO18. The van der Waals surface area contributed by atoms with Crippen molar-refractivity contribution in [3.8, 4) is 0 Å². The second kappa shape index (κ2) is 24.2. The maximum atomic E-state index is 12.2. The number of hydrogen-bond acceptors (Lipinski definition) is 18. The number of ether oxygens (including phenoxy) is 12. The van der Waals surface area contributed by atoms with Gasteiger partial charge in [-0.15, -0.1) is 0 Å². The molecule has 406 valence electrons. The van der Waals surface area contributed by atoms with Gasteiger partial charge in [0.15, 0.2) is 24.2 Å². The van der Waals surface area contributed by atoms with E-state index in [1.54, 1.807) is 28.1 Å². The van der Waals surface area contributed by atoms with E-state index in [2.05, 4.69) is 6.92 Å². The van der Waals surface area contributed by atoms with Crippen LogP contribution in [0.15, 0.2) is 0 Å². The maximum Gasteiger partial charge on any atom is 1.00 e. The third-order valence-electron chi connectivity index (χ3n) is 18.0. The van der Waals surface area contributed by atoms with Gasteiger partial charge in [-0.25, -0.2) is 0 Å². The first-order valence-corrected chi connectivity index (χ1v) is 26.4. The van der Waals surface area contributed by atoms with Crippen LogP contribution in [0.5, 0.6) is 0 Å². The summed E-state index contributed by atoms with van der Waals surface area (Å²) >= 11 is 0. The summed E-state index contributed by atoms with van der Waals surface area (Å²) in [6, 6.07) is 0. The van der Waals surface area contributed by atoms with E-state index < -0.39 is 127 Å². The van der Waals surface area contributed by atoms with Crippen molar-refractivity contribution in [3.63, 3.8) is 0 Å². The fourth-order valence-electron chi connectivity index (χ4n) is 13.1. The van der Waals surface area contributed by atoms with Crippen molar-refractivity contribution in [3.05, 3.63) is 0 Å². The van der Waals surface area contributed by atoms with Crippen molar-refractivity contribution in [2.45, 2.75) is 273 Å². The number of aliphatic carboxylic acids is 1. The summed E-state index contributed by atoms with van der Waals surface area (Å²) in [4.78, 5) is 12.2. The van der Waals surface area contributed by atoms with Crippen LogP contribution in [0, 0.1) is 29.6 Å². The van der Waals surface area contributed by atoms with E-state index in [1.807, 2.05) is 48.5 Å². The van der Waals surface area contributed by atoms with E-state index in [-0.39, 0.29) is 78.3 Å². The Kier molecular flexibility index (Phi) is 20.5. The SMILES string of the molecule is CO[C@@H]1[C@@H](O[C@H]2CC[C@H](OC)[C@@H](C)O2)[C@H](C)[C@@](O)(CC(=O)[O-])O[C@H]1[C@H](C)[C@H]1O[C@@]2(CC[C@@](C)([C@H]3CC[C@@](C)([C@@H]4O[C@@H]([C@@H](O)[C@@H](C)C[C@@H](C)C(C)O)C[C@@H]4O[C@H]4CC[C@H](OC)[C@@H](C)O4)O3)O2)C[C@H](O)[C@H]1C.[Na+]. The number of carboxylic acid groups (broad SMARTS) is 1. The molecule has 19 heteroatoms. The average Bonchev–Trinajstić information content (AvgIpc) is 4.02. The second-order valence-electron chi connectivity index (χ2n) is 23.1. The van der Waals surface area contributed by atoms with Gasteiger partial charge in [0, 0.05) is 83.6 Å². The zero-order valence-corrected chi connectivity index (χ0v) is 47.2. The van der Waals surface area contributed by atoms with E-state index in [0.29, 0.717) is 57.8 Å². The standard InChI is InChI=1S/C52H90O18.Na/c1-26(31(6)53)22-27(2)43(57)37-23-38(64-41-16-14-35(59-11)32(7)62-41)48(65-37)50(10)19-18-39(67-50)49(9)20-21-51(70-49)24-34(54)28(3)44(68-51)29(4)45-47(61-13)46(30(5)52(58,69-45)25-40(55)56)66-42-17-15-36(60-12)33(8)63-42;/h26-39,41-48,53-54,57-58H,14-25H2,1-13H3,(H,55,56);/q;+1/p-1/t26-,27+,28-,29-,30+,31?,32-,33-,34+,35+,36+,37-,38+,39-,41+,42+,43+,44+,45+,46+,47+,48-,49+,50+,51-,52-;/m1./s1. The molecule has 26 atom stereocenters. The van der Waals surface area contributed by atoms with Gasteiger partial charge in [-0.3, -0.25) is 0 Å². The van der Waals surface area contributed by atoms with E-state index in [4.69, 9.17) is 56.8 Å². The summed E-state index contributed by atoms with van der Waals surface area (Å²) < 4.78 is 77.9. The van der Waals surface area contributed by atoms with E-state index in [0.717, 1.165) is 6.42 Å². The number of aliphatic hydroxyl groups is 4. The fraction of sp³-hybridized carbons (Fsp3) is 0.981. The molecule has 7 aliphatic heterocycles. The monoisotopic (exact) mass is 1020 g/mol. The molecule has 7 aliphatic rings. The van der Waals surface area contributed by atoms with Gasteiger partial charge in [0.1, 0.15) is 12.2 Å². The predicted octanol–water partition coefficient (Wildman–Crippen LogP) is 0.906. The summed E-state index contributed by atoms with van der Waals surface area (Å²) in [5.41, 5.74) is -1.66. The Morgan fingerprint density at radius 1 is 0.732 bits per heavy atom. The number of hydrogen-bond donors (Lipinski definition) is 4. The van der Waals surface area contributed by atoms with Gasteiger partial charge in [-0.1, -0.05) is 34.6 Å². The van der Waals surface area contributed by atoms with Crippen molar-refractivity contribution in [1.29, 1.82) is 0 Å². The minimum absolute atomic E-state index is 0. The Balaban J connectivity index is 0.00000825. The second-order valence-corrected chi connectivity index (χ2v) is 23.1. The van der Waals surface area contributed by atoms with Crippen LogP contribution >= 0.6 is 0 Å². The Morgan fingerprint density at radius 3 is 1.92 bits per heavy atom. The molecule has 7 fully saturated rings. The smallest absolute Gasteiger partial charge is 0.550 e. The van der Waals surface area contributed by atoms with Crippen LogP contribution in [0.25, 0.3) is 0 Å². The molecular weight excluding hydrogens is 936 g/mol. The van der Waals surface area contributed by atoms with Crippen LogP contribution < -0.4 is 34.7 Å². The molecule has 0 aromatic rings. The molecule has 1 spiro atoms. The topological polar surface area (TPSA) is 232 Å². The van der Waals surface area contributed by atoms with Crippen LogP contribution in [0.1, 0.15) is 146 Å². The minimum atomic E-state index is -2.19. The average molecular weight is 1030 g/mol. The zero-order valence-electron chi connectivity index (χ0n) is 45.2. The molecule has 0 radical (unpaired) electrons. The maximum absolute atomic E-state index is 12.2. The van der Waals surface area contributed by atoms with Crippen molar-refractivity contribution in [1.82, 2.24) is 0 Å². The molecule has 7 rings (SSSR count). The molecule has 7 saturated heterocycles. The number of carbonyl (C=O) groups excluding carboxylic acids is 1. The molecule has 1 unspecified atom stereocenters. The number of methoxy groups -OCH3 is 3. The number of carboxylic acids is 1. The van der Waals surface area contributed by atoms with Gasteiger partial charge >= 0.3 is 29.6 Å². The van der Waals surface area contributed by atoms with Gasteiger partial charge < -0.3 is 87.2 Å². The molecule has 7 heterocycles. The van der Waals surface area contributed by atoms with Gasteiger partial charge in [-0.2, -0.15) is 0 Å². The van der Waals surface area contributed by atoms with Crippen molar-refractivity contribution >= 4 is 5.97 Å². The Morgan fingerprint density at radius 2 is 1.35 bits per heavy atom. The fourth-order valence-corrected chi connectivity index (χ4v) is 13.1. The van der Waals surface area contributed by atoms with Crippen molar-refractivity contribution < 1.29 is 117 Å². The Labute approximate surface area is 444 Å². The third kappa shape index (κ3) is 12.9.